The smallest absolute Gasteiger partial charge is 0.410 e. The predicted octanol–water partition coefficient (Wildman–Crippen LogP) is 3.23. The number of carbonyl (C=O) groups excluding carboxylic acids is 1. The molecule has 1 aliphatic rings. The molecule has 0 spiro atoms. The van der Waals surface area contributed by atoms with Gasteiger partial charge in [0.25, 0.3) is 0 Å². The van der Waals surface area contributed by atoms with Crippen molar-refractivity contribution in [2.24, 2.45) is 0 Å². The van der Waals surface area contributed by atoms with Crippen LogP contribution in [0.3, 0.4) is 0 Å². The summed E-state index contributed by atoms with van der Waals surface area (Å²) >= 11 is 0. The van der Waals surface area contributed by atoms with Gasteiger partial charge in [-0.2, -0.15) is 0 Å². The Morgan fingerprint density at radius 1 is 1.45 bits per heavy atom. The van der Waals surface area contributed by atoms with Crippen LogP contribution in [0, 0.1) is 6.92 Å². The number of pyridine rings is 1. The van der Waals surface area contributed by atoms with Crippen LogP contribution in [-0.2, 0) is 4.74 Å². The monoisotopic (exact) mass is 305 g/mol. The third-order valence-corrected chi connectivity index (χ3v) is 3.85. The maximum Gasteiger partial charge on any atom is 0.410 e. The first-order valence-electron chi connectivity index (χ1n) is 7.90. The number of anilines is 1. The number of aryl methyl sites for hydroxylation is 1. The molecule has 1 aromatic heterocycles. The van der Waals surface area contributed by atoms with E-state index in [0.29, 0.717) is 0 Å². The molecule has 5 heteroatoms. The van der Waals surface area contributed by atoms with E-state index in [1.165, 1.54) is 5.56 Å². The lowest BCUT2D eigenvalue weighted by Gasteiger charge is -2.38. The van der Waals surface area contributed by atoms with E-state index in [2.05, 4.69) is 22.9 Å². The number of piperidine rings is 1. The average Bonchev–Trinajstić information content (AvgIpc) is 2.45. The average molecular weight is 305 g/mol. The number of likely N-dealkylation sites (N-methyl/N-ethyl adjacent to an activating group) is 1. The van der Waals surface area contributed by atoms with Crippen LogP contribution in [0.2, 0.25) is 0 Å². The Hall–Kier alpha value is -1.78. The minimum absolute atomic E-state index is 0.158. The molecule has 0 aromatic carbocycles. The Morgan fingerprint density at radius 2 is 2.18 bits per heavy atom. The van der Waals surface area contributed by atoms with Gasteiger partial charge in [-0.25, -0.2) is 9.78 Å². The first-order chi connectivity index (χ1) is 10.3. The summed E-state index contributed by atoms with van der Waals surface area (Å²) in [5, 5.41) is 0. The lowest BCUT2D eigenvalue weighted by atomic mass is 10.0. The van der Waals surface area contributed by atoms with E-state index < -0.39 is 5.60 Å². The number of amides is 1. The third kappa shape index (κ3) is 4.36. The Morgan fingerprint density at radius 3 is 2.82 bits per heavy atom. The maximum absolute atomic E-state index is 12.2. The van der Waals surface area contributed by atoms with Crippen molar-refractivity contribution in [2.75, 3.05) is 25.0 Å². The molecule has 0 saturated carbocycles. The third-order valence-electron chi connectivity index (χ3n) is 3.85. The fourth-order valence-corrected chi connectivity index (χ4v) is 2.66. The first kappa shape index (κ1) is 16.6. The quantitative estimate of drug-likeness (QED) is 0.841. The molecule has 1 amide bonds. The lowest BCUT2D eigenvalue weighted by molar-refractivity contribution is 0.0209. The second kappa shape index (κ2) is 6.55. The van der Waals surface area contributed by atoms with Crippen molar-refractivity contribution >= 4 is 11.9 Å². The van der Waals surface area contributed by atoms with Gasteiger partial charge in [0, 0.05) is 26.3 Å². The summed E-state index contributed by atoms with van der Waals surface area (Å²) in [6, 6.07) is 4.25. The molecule has 0 bridgehead atoms. The Kier molecular flexibility index (Phi) is 4.94. The van der Waals surface area contributed by atoms with E-state index >= 15 is 0 Å². The minimum Gasteiger partial charge on any atom is -0.444 e. The summed E-state index contributed by atoms with van der Waals surface area (Å²) in [6.45, 7) is 9.52. The van der Waals surface area contributed by atoms with Crippen molar-refractivity contribution in [1.29, 1.82) is 0 Å². The van der Waals surface area contributed by atoms with Crippen molar-refractivity contribution < 1.29 is 9.53 Å². The van der Waals surface area contributed by atoms with Crippen molar-refractivity contribution in [3.05, 3.63) is 23.9 Å². The number of nitrogens with zero attached hydrogens (tertiary/aromatic N) is 3. The van der Waals surface area contributed by atoms with Gasteiger partial charge in [0.05, 0.1) is 6.04 Å². The molecule has 2 rings (SSSR count). The number of rotatable bonds is 2. The summed E-state index contributed by atoms with van der Waals surface area (Å²) in [6.07, 6.45) is 3.63. The number of hydrogen-bond acceptors (Lipinski definition) is 4. The molecule has 1 aromatic rings. The van der Waals surface area contributed by atoms with E-state index in [1.807, 2.05) is 40.1 Å². The summed E-state index contributed by atoms with van der Waals surface area (Å²) < 4.78 is 5.47. The van der Waals surface area contributed by atoms with Crippen molar-refractivity contribution in [2.45, 2.75) is 52.2 Å². The zero-order chi connectivity index (χ0) is 16.3. The van der Waals surface area contributed by atoms with Crippen LogP contribution in [0.1, 0.15) is 39.2 Å². The lowest BCUT2D eigenvalue weighted by Crippen LogP contribution is -2.50. The van der Waals surface area contributed by atoms with Crippen molar-refractivity contribution in [3.63, 3.8) is 0 Å². The Bertz CT molecular complexity index is 525. The standard InChI is InChI=1S/C17H27N3O2/c1-13-8-9-18-15(11-13)20-10-6-7-14(12-20)19(5)16(21)22-17(2,3)4/h8-9,11,14H,6-7,10,12H2,1-5H3/t14-/m0/s1. The highest BCUT2D eigenvalue weighted by Crippen LogP contribution is 2.22. The van der Waals surface area contributed by atoms with Gasteiger partial charge in [0.2, 0.25) is 0 Å². The van der Waals surface area contributed by atoms with Gasteiger partial charge in [-0.3, -0.25) is 0 Å². The van der Waals surface area contributed by atoms with Crippen LogP contribution in [0.5, 0.6) is 0 Å². The summed E-state index contributed by atoms with van der Waals surface area (Å²) in [5.74, 6) is 0.988. The van der Waals surface area contributed by atoms with Gasteiger partial charge >= 0.3 is 6.09 Å². The number of aromatic nitrogens is 1. The maximum atomic E-state index is 12.2. The zero-order valence-electron chi connectivity index (χ0n) is 14.3. The molecule has 5 nitrogen and oxygen atoms in total. The van der Waals surface area contributed by atoms with E-state index in [-0.39, 0.29) is 12.1 Å². The minimum atomic E-state index is -0.461. The van der Waals surface area contributed by atoms with E-state index in [0.717, 1.165) is 31.7 Å². The van der Waals surface area contributed by atoms with Crippen LogP contribution >= 0.6 is 0 Å². The van der Waals surface area contributed by atoms with Crippen LogP contribution in [0.15, 0.2) is 18.3 Å². The number of carbonyl (C=O) groups is 1. The number of ether oxygens (including phenoxy) is 1. The van der Waals surface area contributed by atoms with Crippen LogP contribution in [0.25, 0.3) is 0 Å². The molecule has 1 atom stereocenters. The summed E-state index contributed by atoms with van der Waals surface area (Å²) in [4.78, 5) is 20.7. The highest BCUT2D eigenvalue weighted by Gasteiger charge is 2.29. The van der Waals surface area contributed by atoms with Crippen LogP contribution in [-0.4, -0.2) is 47.8 Å². The van der Waals surface area contributed by atoms with Gasteiger partial charge in [0.15, 0.2) is 0 Å². The first-order valence-corrected chi connectivity index (χ1v) is 7.90. The fraction of sp³-hybridized carbons (Fsp3) is 0.647. The molecular weight excluding hydrogens is 278 g/mol. The Balaban J connectivity index is 2.02. The van der Waals surface area contributed by atoms with E-state index in [4.69, 9.17) is 4.74 Å². The molecule has 0 radical (unpaired) electrons. The summed E-state index contributed by atoms with van der Waals surface area (Å²) in [7, 11) is 1.83. The molecule has 0 aliphatic carbocycles. The number of hydrogen-bond donors (Lipinski definition) is 0. The predicted molar refractivity (Wildman–Crippen MR) is 88.2 cm³/mol. The molecule has 2 heterocycles. The van der Waals surface area contributed by atoms with Gasteiger partial charge in [-0.05, 0) is 58.2 Å². The summed E-state index contributed by atoms with van der Waals surface area (Å²) in [5.41, 5.74) is 0.741. The van der Waals surface area contributed by atoms with Gasteiger partial charge < -0.3 is 14.5 Å². The molecule has 0 N–H and O–H groups in total. The highest BCUT2D eigenvalue weighted by atomic mass is 16.6. The SMILES string of the molecule is Cc1ccnc(N2CCC[C@H](N(C)C(=O)OC(C)(C)C)C2)c1. The molecule has 1 aliphatic heterocycles. The topological polar surface area (TPSA) is 45.7 Å². The van der Waals surface area contributed by atoms with Gasteiger partial charge in [0.1, 0.15) is 11.4 Å². The van der Waals surface area contributed by atoms with Crippen molar-refractivity contribution in [1.82, 2.24) is 9.88 Å². The molecule has 1 saturated heterocycles. The van der Waals surface area contributed by atoms with Crippen LogP contribution < -0.4 is 4.90 Å². The van der Waals surface area contributed by atoms with Crippen molar-refractivity contribution in [3.8, 4) is 0 Å². The largest absolute Gasteiger partial charge is 0.444 e. The molecule has 1 fully saturated rings. The molecule has 0 unspecified atom stereocenters. The highest BCUT2D eigenvalue weighted by molar-refractivity contribution is 5.68. The van der Waals surface area contributed by atoms with E-state index in [1.54, 1.807) is 4.90 Å². The second-order valence-corrected chi connectivity index (χ2v) is 7.02. The normalized spacial score (nSPS) is 19.0. The fourth-order valence-electron chi connectivity index (χ4n) is 2.66. The molecular formula is C17H27N3O2. The van der Waals surface area contributed by atoms with Gasteiger partial charge in [-0.15, -0.1) is 0 Å². The van der Waals surface area contributed by atoms with Crippen LogP contribution in [0.4, 0.5) is 10.6 Å². The van der Waals surface area contributed by atoms with E-state index in [9.17, 15) is 4.79 Å². The second-order valence-electron chi connectivity index (χ2n) is 7.02. The molecule has 122 valence electrons. The van der Waals surface area contributed by atoms with Gasteiger partial charge in [-0.1, -0.05) is 0 Å². The zero-order valence-corrected chi connectivity index (χ0v) is 14.3. The Labute approximate surface area is 133 Å². The molecule has 22 heavy (non-hydrogen) atoms.